The number of nitrogens with zero attached hydrogens (tertiary/aromatic N) is 2. The maximum atomic E-state index is 11.5. The number of aliphatic hydroxyl groups excluding tert-OH is 1. The molecule has 0 spiro atoms. The number of nitrogens with one attached hydrogen (secondary N) is 2. The molecule has 3 N–H and O–H groups in total. The highest BCUT2D eigenvalue weighted by atomic mass is 16.5. The van der Waals surface area contributed by atoms with Crippen molar-refractivity contribution in [1.82, 2.24) is 14.9 Å². The van der Waals surface area contributed by atoms with Crippen molar-refractivity contribution in [2.45, 2.75) is 58.3 Å². The topological polar surface area (TPSA) is 90.5 Å². The molecule has 1 saturated heterocycles. The number of carbonyl (C=O) groups is 1. The smallest absolute Gasteiger partial charge is 0.224 e. The third-order valence-corrected chi connectivity index (χ3v) is 5.61. The van der Waals surface area contributed by atoms with Crippen molar-refractivity contribution in [3.05, 3.63) is 41.0 Å². The fourth-order valence-electron chi connectivity index (χ4n) is 3.96. The van der Waals surface area contributed by atoms with Gasteiger partial charge in [0.1, 0.15) is 23.8 Å². The number of fused-ring (bicyclic) bond motifs is 1. The van der Waals surface area contributed by atoms with E-state index in [-0.39, 0.29) is 12.0 Å². The molecular weight excluding hydrogens is 356 g/mol. The normalized spacial score (nSPS) is 22.6. The number of rotatable bonds is 5. The van der Waals surface area contributed by atoms with E-state index in [0.717, 1.165) is 66.6 Å². The quantitative estimate of drug-likeness (QED) is 0.735. The average Bonchev–Trinajstić information content (AvgIpc) is 3.03. The number of aromatic amines is 1. The van der Waals surface area contributed by atoms with E-state index in [1.54, 1.807) is 0 Å². The Balaban J connectivity index is 1.35. The minimum absolute atomic E-state index is 0.0576. The Morgan fingerprint density at radius 3 is 2.96 bits per heavy atom. The molecule has 28 heavy (non-hydrogen) atoms. The van der Waals surface area contributed by atoms with Gasteiger partial charge >= 0.3 is 0 Å². The molecule has 0 saturated carbocycles. The third kappa shape index (κ3) is 4.05. The molecular formula is C21H28N4O3. The number of aryl methyl sites for hydroxylation is 3. The Kier molecular flexibility index (Phi) is 5.37. The highest BCUT2D eigenvalue weighted by Gasteiger charge is 2.30. The van der Waals surface area contributed by atoms with Crippen LogP contribution in [0.2, 0.25) is 0 Å². The molecule has 2 aliphatic rings. The molecule has 2 atom stereocenters. The molecule has 3 heterocycles. The van der Waals surface area contributed by atoms with Crippen LogP contribution in [0.5, 0.6) is 5.75 Å². The molecule has 4 rings (SSSR count). The Hall–Kier alpha value is -2.38. The van der Waals surface area contributed by atoms with Gasteiger partial charge in [0.05, 0.1) is 5.69 Å². The summed E-state index contributed by atoms with van der Waals surface area (Å²) in [6, 6.07) is 5.73. The lowest BCUT2D eigenvalue weighted by molar-refractivity contribution is -0.116. The van der Waals surface area contributed by atoms with E-state index >= 15 is 0 Å². The molecule has 0 aliphatic carbocycles. The monoisotopic (exact) mass is 384 g/mol. The summed E-state index contributed by atoms with van der Waals surface area (Å²) >= 11 is 0. The van der Waals surface area contributed by atoms with Crippen LogP contribution in [0, 0.1) is 6.92 Å². The molecule has 150 valence electrons. The van der Waals surface area contributed by atoms with E-state index < -0.39 is 6.10 Å². The van der Waals surface area contributed by atoms with Gasteiger partial charge in [0, 0.05) is 43.9 Å². The molecule has 7 heteroatoms. The van der Waals surface area contributed by atoms with Crippen LogP contribution in [-0.4, -0.2) is 51.2 Å². The zero-order valence-corrected chi connectivity index (χ0v) is 16.5. The molecule has 2 aromatic rings. The summed E-state index contributed by atoms with van der Waals surface area (Å²) in [5.41, 5.74) is 4.11. The Labute approximate surface area is 165 Å². The SMILES string of the molecule is CCc1nc(CN2CC[C@@H](Oc3ccc4c(c3)CCC(=O)N4)[C@H](O)C2)c(C)[nH]1. The minimum Gasteiger partial charge on any atom is -0.488 e. The highest BCUT2D eigenvalue weighted by Crippen LogP contribution is 2.28. The van der Waals surface area contributed by atoms with Crippen LogP contribution in [0.3, 0.4) is 0 Å². The summed E-state index contributed by atoms with van der Waals surface area (Å²) in [7, 11) is 0. The lowest BCUT2D eigenvalue weighted by atomic mass is 10.0. The number of benzene rings is 1. The Morgan fingerprint density at radius 1 is 1.36 bits per heavy atom. The minimum atomic E-state index is -0.547. The number of hydrogen-bond donors (Lipinski definition) is 3. The number of aliphatic hydroxyl groups is 1. The standard InChI is InChI=1S/C21H28N4O3/c1-3-20-22-13(2)17(23-20)11-25-9-8-19(18(26)12-25)28-15-5-6-16-14(10-15)4-7-21(27)24-16/h5-6,10,18-19,26H,3-4,7-9,11-12H2,1-2H3,(H,22,23)(H,24,27)/t18-,19-/m1/s1. The molecule has 1 aromatic carbocycles. The molecule has 1 amide bonds. The summed E-state index contributed by atoms with van der Waals surface area (Å²) in [6.45, 7) is 6.30. The van der Waals surface area contributed by atoms with Gasteiger partial charge in [-0.15, -0.1) is 0 Å². The van der Waals surface area contributed by atoms with Crippen LogP contribution in [-0.2, 0) is 24.2 Å². The van der Waals surface area contributed by atoms with Gasteiger partial charge in [0.25, 0.3) is 0 Å². The van der Waals surface area contributed by atoms with E-state index in [4.69, 9.17) is 4.74 Å². The van der Waals surface area contributed by atoms with Crippen molar-refractivity contribution in [3.63, 3.8) is 0 Å². The second-order valence-electron chi connectivity index (χ2n) is 7.72. The molecule has 7 nitrogen and oxygen atoms in total. The second-order valence-corrected chi connectivity index (χ2v) is 7.72. The summed E-state index contributed by atoms with van der Waals surface area (Å²) in [6.07, 6.45) is 2.11. The predicted molar refractivity (Wildman–Crippen MR) is 106 cm³/mol. The fourth-order valence-corrected chi connectivity index (χ4v) is 3.96. The average molecular weight is 384 g/mol. The number of piperidine rings is 1. The number of aromatic nitrogens is 2. The molecule has 1 fully saturated rings. The number of ether oxygens (including phenoxy) is 1. The Bertz CT molecular complexity index is 863. The number of anilines is 1. The van der Waals surface area contributed by atoms with Crippen molar-refractivity contribution in [1.29, 1.82) is 0 Å². The maximum absolute atomic E-state index is 11.5. The first-order valence-electron chi connectivity index (χ1n) is 10.1. The number of likely N-dealkylation sites (tertiary alicyclic amines) is 1. The molecule has 0 radical (unpaired) electrons. The lowest BCUT2D eigenvalue weighted by Crippen LogP contribution is -2.48. The summed E-state index contributed by atoms with van der Waals surface area (Å²) < 4.78 is 6.09. The second kappa shape index (κ2) is 7.93. The van der Waals surface area contributed by atoms with E-state index in [9.17, 15) is 9.90 Å². The summed E-state index contributed by atoms with van der Waals surface area (Å²) in [4.78, 5) is 21.7. The summed E-state index contributed by atoms with van der Waals surface area (Å²) in [5.74, 6) is 1.82. The predicted octanol–water partition coefficient (Wildman–Crippen LogP) is 2.18. The van der Waals surface area contributed by atoms with E-state index in [1.807, 2.05) is 25.1 Å². The number of H-pyrrole nitrogens is 1. The van der Waals surface area contributed by atoms with E-state index in [0.29, 0.717) is 13.0 Å². The van der Waals surface area contributed by atoms with Crippen LogP contribution in [0.15, 0.2) is 18.2 Å². The third-order valence-electron chi connectivity index (χ3n) is 5.61. The molecule has 0 bridgehead atoms. The first-order valence-corrected chi connectivity index (χ1v) is 10.1. The fraction of sp³-hybridized carbons (Fsp3) is 0.524. The van der Waals surface area contributed by atoms with Crippen molar-refractivity contribution in [2.24, 2.45) is 0 Å². The van der Waals surface area contributed by atoms with Crippen molar-refractivity contribution in [3.8, 4) is 5.75 Å². The van der Waals surface area contributed by atoms with E-state index in [2.05, 4.69) is 27.1 Å². The molecule has 1 aromatic heterocycles. The molecule has 2 aliphatic heterocycles. The van der Waals surface area contributed by atoms with Crippen molar-refractivity contribution < 1.29 is 14.6 Å². The van der Waals surface area contributed by atoms with Gasteiger partial charge in [-0.05, 0) is 43.5 Å². The first-order chi connectivity index (χ1) is 13.5. The largest absolute Gasteiger partial charge is 0.488 e. The van der Waals surface area contributed by atoms with Crippen LogP contribution in [0.25, 0.3) is 0 Å². The number of hydrogen-bond acceptors (Lipinski definition) is 5. The van der Waals surface area contributed by atoms with Crippen LogP contribution in [0.4, 0.5) is 5.69 Å². The van der Waals surface area contributed by atoms with Crippen LogP contribution in [0.1, 0.15) is 42.5 Å². The van der Waals surface area contributed by atoms with Crippen molar-refractivity contribution >= 4 is 11.6 Å². The zero-order chi connectivity index (χ0) is 19.7. The van der Waals surface area contributed by atoms with Gasteiger partial charge in [0.15, 0.2) is 0 Å². The van der Waals surface area contributed by atoms with Gasteiger partial charge in [-0.25, -0.2) is 4.98 Å². The van der Waals surface area contributed by atoms with Crippen LogP contribution >= 0.6 is 0 Å². The lowest BCUT2D eigenvalue weighted by Gasteiger charge is -2.35. The number of imidazole rings is 1. The first kappa shape index (κ1) is 19.0. The summed E-state index contributed by atoms with van der Waals surface area (Å²) in [5, 5.41) is 13.5. The maximum Gasteiger partial charge on any atom is 0.224 e. The van der Waals surface area contributed by atoms with Gasteiger partial charge in [0.2, 0.25) is 5.91 Å². The van der Waals surface area contributed by atoms with E-state index in [1.165, 1.54) is 0 Å². The number of amides is 1. The number of carbonyl (C=O) groups excluding carboxylic acids is 1. The zero-order valence-electron chi connectivity index (χ0n) is 16.5. The van der Waals surface area contributed by atoms with Gasteiger partial charge < -0.3 is 20.1 Å². The number of β-amino-alcohol motifs (C(OH)–C–C–N with tert-alkyl or cyclic N) is 1. The van der Waals surface area contributed by atoms with Crippen LogP contribution < -0.4 is 10.1 Å². The van der Waals surface area contributed by atoms with Gasteiger partial charge in [-0.3, -0.25) is 9.69 Å². The van der Waals surface area contributed by atoms with Gasteiger partial charge in [-0.1, -0.05) is 6.92 Å². The highest BCUT2D eigenvalue weighted by molar-refractivity contribution is 5.93. The van der Waals surface area contributed by atoms with Gasteiger partial charge in [-0.2, -0.15) is 0 Å². The van der Waals surface area contributed by atoms with Crippen molar-refractivity contribution in [2.75, 3.05) is 18.4 Å². The Morgan fingerprint density at radius 2 is 2.21 bits per heavy atom. The molecule has 0 unspecified atom stereocenters.